The fourth-order valence-corrected chi connectivity index (χ4v) is 4.47. The summed E-state index contributed by atoms with van der Waals surface area (Å²) >= 11 is 3.50. The van der Waals surface area contributed by atoms with Gasteiger partial charge in [-0.3, -0.25) is 4.79 Å². The number of hydrogen-bond acceptors (Lipinski definition) is 4. The highest BCUT2D eigenvalue weighted by atomic mass is 79.9. The van der Waals surface area contributed by atoms with Crippen LogP contribution in [-0.2, 0) is 11.4 Å². The van der Waals surface area contributed by atoms with Crippen molar-refractivity contribution < 1.29 is 14.6 Å². The number of rotatable bonds is 8. The van der Waals surface area contributed by atoms with Crippen LogP contribution in [0.2, 0.25) is 0 Å². The predicted molar refractivity (Wildman–Crippen MR) is 126 cm³/mol. The van der Waals surface area contributed by atoms with Crippen LogP contribution in [0, 0.1) is 5.92 Å². The van der Waals surface area contributed by atoms with Gasteiger partial charge in [-0.2, -0.15) is 0 Å². The monoisotopic (exact) mass is 479 g/mol. The van der Waals surface area contributed by atoms with E-state index >= 15 is 0 Å². The summed E-state index contributed by atoms with van der Waals surface area (Å²) in [6.07, 6.45) is 3.02. The van der Waals surface area contributed by atoms with Crippen LogP contribution in [0.4, 0.5) is 0 Å². The molecule has 1 saturated carbocycles. The standard InChI is InChI=1S/C26H26BrNO3/c1-28-24(25(30)20-8-5-9-20)21-14-22(27)26(23(29)15-21)31-16-17-10-12-19(13-11-17)18-6-3-2-4-7-18/h2-4,6-7,10-15,20,24,28-29H,5,8-9,16H2,1H3. The van der Waals surface area contributed by atoms with Crippen molar-refractivity contribution in [1.29, 1.82) is 0 Å². The Morgan fingerprint density at radius 2 is 1.77 bits per heavy atom. The van der Waals surface area contributed by atoms with Crippen molar-refractivity contribution in [3.63, 3.8) is 0 Å². The molecule has 2 N–H and O–H groups in total. The lowest BCUT2D eigenvalue weighted by molar-refractivity contribution is -0.127. The second-order valence-corrected chi connectivity index (χ2v) is 8.81. The molecule has 1 aliphatic rings. The molecule has 1 unspecified atom stereocenters. The van der Waals surface area contributed by atoms with E-state index in [0.29, 0.717) is 16.8 Å². The molecule has 3 aromatic carbocycles. The summed E-state index contributed by atoms with van der Waals surface area (Å²) in [5.74, 6) is 0.703. The molecular formula is C26H26BrNO3. The Morgan fingerprint density at radius 3 is 2.35 bits per heavy atom. The average Bonchev–Trinajstić information content (AvgIpc) is 2.73. The fourth-order valence-electron chi connectivity index (χ4n) is 3.89. The van der Waals surface area contributed by atoms with Crippen LogP contribution >= 0.6 is 15.9 Å². The Balaban J connectivity index is 1.46. The van der Waals surface area contributed by atoms with Crippen LogP contribution in [-0.4, -0.2) is 17.9 Å². The Bertz CT molecular complexity index is 1020. The largest absolute Gasteiger partial charge is 0.504 e. The third-order valence-corrected chi connectivity index (χ3v) is 6.49. The first kappa shape index (κ1) is 21.6. The third kappa shape index (κ3) is 4.83. The highest BCUT2D eigenvalue weighted by molar-refractivity contribution is 9.10. The van der Waals surface area contributed by atoms with Crippen LogP contribution in [0.15, 0.2) is 71.2 Å². The van der Waals surface area contributed by atoms with Crippen LogP contribution in [0.5, 0.6) is 11.5 Å². The van der Waals surface area contributed by atoms with Crippen molar-refractivity contribution in [3.05, 3.63) is 82.3 Å². The van der Waals surface area contributed by atoms with E-state index in [1.807, 2.05) is 36.4 Å². The number of likely N-dealkylation sites (N-methyl/N-ethyl adjacent to an activating group) is 1. The molecule has 5 heteroatoms. The first-order valence-electron chi connectivity index (χ1n) is 10.6. The zero-order valence-corrected chi connectivity index (χ0v) is 19.1. The van der Waals surface area contributed by atoms with Gasteiger partial charge in [0.05, 0.1) is 10.5 Å². The number of phenols is 1. The molecule has 31 heavy (non-hydrogen) atoms. The number of carbonyl (C=O) groups excluding carboxylic acids is 1. The van der Waals surface area contributed by atoms with Gasteiger partial charge in [0.2, 0.25) is 0 Å². The van der Waals surface area contributed by atoms with Crippen molar-refractivity contribution in [2.24, 2.45) is 5.92 Å². The lowest BCUT2D eigenvalue weighted by Crippen LogP contribution is -2.34. The third-order valence-electron chi connectivity index (χ3n) is 5.90. The molecule has 1 fully saturated rings. The molecule has 0 bridgehead atoms. The molecule has 0 spiro atoms. The van der Waals surface area contributed by atoms with Gasteiger partial charge in [0, 0.05) is 5.92 Å². The zero-order valence-electron chi connectivity index (χ0n) is 17.5. The maximum Gasteiger partial charge on any atom is 0.175 e. The maximum absolute atomic E-state index is 12.7. The molecule has 3 aromatic rings. The number of carbonyl (C=O) groups is 1. The van der Waals surface area contributed by atoms with Gasteiger partial charge in [-0.15, -0.1) is 0 Å². The van der Waals surface area contributed by atoms with E-state index in [2.05, 4.69) is 45.5 Å². The SMILES string of the molecule is CNC(C(=O)C1CCC1)c1cc(O)c(OCc2ccc(-c3ccccc3)cc2)c(Br)c1. The summed E-state index contributed by atoms with van der Waals surface area (Å²) in [7, 11) is 1.77. The number of nitrogens with one attached hydrogen (secondary N) is 1. The van der Waals surface area contributed by atoms with E-state index < -0.39 is 6.04 Å². The number of ether oxygens (including phenoxy) is 1. The quantitative estimate of drug-likeness (QED) is 0.413. The molecule has 0 saturated heterocycles. The Labute approximate surface area is 191 Å². The molecule has 0 radical (unpaired) electrons. The van der Waals surface area contributed by atoms with Gasteiger partial charge in [-0.05, 0) is 70.2 Å². The van der Waals surface area contributed by atoms with Gasteiger partial charge in [-0.25, -0.2) is 0 Å². The minimum Gasteiger partial charge on any atom is -0.504 e. The lowest BCUT2D eigenvalue weighted by Gasteiger charge is -2.28. The molecule has 160 valence electrons. The minimum atomic E-state index is -0.424. The summed E-state index contributed by atoms with van der Waals surface area (Å²) in [6.45, 7) is 0.330. The van der Waals surface area contributed by atoms with Crippen LogP contribution in [0.1, 0.15) is 36.4 Å². The molecule has 0 aromatic heterocycles. The summed E-state index contributed by atoms with van der Waals surface area (Å²) in [5, 5.41) is 13.7. The van der Waals surface area contributed by atoms with Gasteiger partial charge in [0.1, 0.15) is 6.61 Å². The average molecular weight is 480 g/mol. The van der Waals surface area contributed by atoms with Crippen molar-refractivity contribution in [3.8, 4) is 22.6 Å². The fraction of sp³-hybridized carbons (Fsp3) is 0.269. The van der Waals surface area contributed by atoms with Crippen molar-refractivity contribution in [1.82, 2.24) is 5.32 Å². The molecule has 0 aliphatic heterocycles. The summed E-state index contributed by atoms with van der Waals surface area (Å²) < 4.78 is 6.54. The van der Waals surface area contributed by atoms with Gasteiger partial charge < -0.3 is 15.2 Å². The second kappa shape index (κ2) is 9.67. The van der Waals surface area contributed by atoms with Crippen LogP contribution in [0.25, 0.3) is 11.1 Å². The molecule has 1 aliphatic carbocycles. The van der Waals surface area contributed by atoms with Crippen molar-refractivity contribution in [2.45, 2.75) is 31.9 Å². The second-order valence-electron chi connectivity index (χ2n) is 7.95. The molecule has 4 nitrogen and oxygen atoms in total. The first-order valence-corrected chi connectivity index (χ1v) is 11.4. The molecule has 1 atom stereocenters. The minimum absolute atomic E-state index is 0.0203. The zero-order chi connectivity index (χ0) is 21.8. The number of halogens is 1. The van der Waals surface area contributed by atoms with Gasteiger partial charge >= 0.3 is 0 Å². The van der Waals surface area contributed by atoms with Crippen LogP contribution < -0.4 is 10.1 Å². The highest BCUT2D eigenvalue weighted by Crippen LogP contribution is 2.39. The van der Waals surface area contributed by atoms with E-state index in [1.165, 1.54) is 5.56 Å². The normalized spacial score (nSPS) is 14.6. The maximum atomic E-state index is 12.7. The number of ketones is 1. The van der Waals surface area contributed by atoms with E-state index in [1.54, 1.807) is 13.1 Å². The molecule has 0 heterocycles. The summed E-state index contributed by atoms with van der Waals surface area (Å²) in [5.41, 5.74) is 4.06. The van der Waals surface area contributed by atoms with E-state index in [0.717, 1.165) is 36.0 Å². The molecule has 4 rings (SSSR count). The molecule has 0 amide bonds. The number of phenolic OH excluding ortho intramolecular Hbond substituents is 1. The van der Waals surface area contributed by atoms with E-state index in [4.69, 9.17) is 4.74 Å². The number of hydrogen-bond donors (Lipinski definition) is 2. The van der Waals surface area contributed by atoms with Crippen molar-refractivity contribution in [2.75, 3.05) is 7.05 Å². The van der Waals surface area contributed by atoms with E-state index in [-0.39, 0.29) is 17.5 Å². The van der Waals surface area contributed by atoms with Gasteiger partial charge in [0.25, 0.3) is 0 Å². The Hall–Kier alpha value is -2.63. The Kier molecular flexibility index (Phi) is 6.73. The summed E-state index contributed by atoms with van der Waals surface area (Å²) in [4.78, 5) is 12.7. The first-order chi connectivity index (χ1) is 15.1. The van der Waals surface area contributed by atoms with Crippen LogP contribution in [0.3, 0.4) is 0 Å². The number of aromatic hydroxyl groups is 1. The molecular weight excluding hydrogens is 454 g/mol. The number of benzene rings is 3. The van der Waals surface area contributed by atoms with E-state index in [9.17, 15) is 9.90 Å². The lowest BCUT2D eigenvalue weighted by atomic mass is 9.78. The predicted octanol–water partition coefficient (Wildman–Crippen LogP) is 6.03. The Morgan fingerprint density at radius 1 is 1.10 bits per heavy atom. The smallest absolute Gasteiger partial charge is 0.175 e. The van der Waals surface area contributed by atoms with Gasteiger partial charge in [0.15, 0.2) is 17.3 Å². The topological polar surface area (TPSA) is 58.6 Å². The summed E-state index contributed by atoms with van der Waals surface area (Å²) in [6, 6.07) is 21.4. The highest BCUT2D eigenvalue weighted by Gasteiger charge is 2.32. The number of Topliss-reactive ketones (excluding diaryl/α,β-unsaturated/α-hetero) is 1. The van der Waals surface area contributed by atoms with Gasteiger partial charge in [-0.1, -0.05) is 61.0 Å². The van der Waals surface area contributed by atoms with Crippen molar-refractivity contribution >= 4 is 21.7 Å².